The molecule has 0 spiro atoms. The summed E-state index contributed by atoms with van der Waals surface area (Å²) in [5.74, 6) is 0.738. The first-order valence-electron chi connectivity index (χ1n) is 12.0. The summed E-state index contributed by atoms with van der Waals surface area (Å²) in [5, 5.41) is 11.1. The van der Waals surface area contributed by atoms with Crippen LogP contribution in [0.5, 0.6) is 5.75 Å². The van der Waals surface area contributed by atoms with E-state index in [9.17, 15) is 18.3 Å². The average Bonchev–Trinajstić information content (AvgIpc) is 3.52. The highest BCUT2D eigenvalue weighted by Gasteiger charge is 2.31. The van der Waals surface area contributed by atoms with Gasteiger partial charge in [-0.2, -0.15) is 0 Å². The van der Waals surface area contributed by atoms with Gasteiger partial charge in [0.05, 0.1) is 11.3 Å². The summed E-state index contributed by atoms with van der Waals surface area (Å²) in [5.41, 5.74) is 2.85. The quantitative estimate of drug-likeness (QED) is 0.565. The van der Waals surface area contributed by atoms with Gasteiger partial charge in [-0.05, 0) is 54.7 Å². The molecule has 34 heavy (non-hydrogen) atoms. The largest absolute Gasteiger partial charge is 0.507 e. The molecule has 0 atom stereocenters. The van der Waals surface area contributed by atoms with Gasteiger partial charge in [-0.3, -0.25) is 0 Å². The van der Waals surface area contributed by atoms with E-state index in [0.29, 0.717) is 30.1 Å². The van der Waals surface area contributed by atoms with Crippen LogP contribution in [0.25, 0.3) is 0 Å². The first kappa shape index (κ1) is 22.9. The van der Waals surface area contributed by atoms with E-state index >= 15 is 0 Å². The average molecular weight is 483 g/mol. The Balaban J connectivity index is 1.57. The molecule has 7 nitrogen and oxygen atoms in total. The van der Waals surface area contributed by atoms with Crippen molar-refractivity contribution in [2.45, 2.75) is 74.6 Å². The standard InChI is InChI=1S/C26H30N2O5S/c1-28-14-13-27-26(28)34(31,32)16-22-18(7-6-9-19(22)17-11-12-17)15-21-24(29)20-8-4-2-3-5-10-23(20)33-25(21)30/h6-7,9,13-14,17,29H,2-5,8,10-12,15-16H2,1H3. The van der Waals surface area contributed by atoms with Crippen molar-refractivity contribution in [3.8, 4) is 5.75 Å². The molecular formula is C26H30N2O5S. The van der Waals surface area contributed by atoms with Crippen LogP contribution in [0.2, 0.25) is 0 Å². The Morgan fingerprint density at radius 1 is 1.12 bits per heavy atom. The van der Waals surface area contributed by atoms with E-state index in [1.54, 1.807) is 13.2 Å². The van der Waals surface area contributed by atoms with Crippen LogP contribution in [0, 0.1) is 0 Å². The van der Waals surface area contributed by atoms with Crippen molar-refractivity contribution >= 4 is 9.84 Å². The lowest BCUT2D eigenvalue weighted by molar-refractivity contribution is 0.390. The molecule has 1 saturated carbocycles. The SMILES string of the molecule is Cn1ccnc1S(=O)(=O)Cc1c(Cc2c(O)c3c(oc2=O)CCCCCC3)cccc1C1CC1. The molecule has 0 saturated heterocycles. The van der Waals surface area contributed by atoms with E-state index in [0.717, 1.165) is 55.2 Å². The molecule has 2 aliphatic rings. The van der Waals surface area contributed by atoms with Crippen molar-refractivity contribution in [2.75, 3.05) is 0 Å². The Morgan fingerprint density at radius 3 is 2.59 bits per heavy atom. The predicted molar refractivity (Wildman–Crippen MR) is 128 cm³/mol. The lowest BCUT2D eigenvalue weighted by Crippen LogP contribution is -2.17. The molecule has 180 valence electrons. The minimum atomic E-state index is -3.70. The molecule has 2 aliphatic carbocycles. The van der Waals surface area contributed by atoms with E-state index in [1.165, 1.54) is 10.8 Å². The van der Waals surface area contributed by atoms with E-state index in [-0.39, 0.29) is 28.6 Å². The number of imidazole rings is 1. The molecule has 0 unspecified atom stereocenters. The predicted octanol–water partition coefficient (Wildman–Crippen LogP) is 4.18. The highest BCUT2D eigenvalue weighted by atomic mass is 32.2. The van der Waals surface area contributed by atoms with Gasteiger partial charge >= 0.3 is 5.63 Å². The van der Waals surface area contributed by atoms with Gasteiger partial charge in [-0.1, -0.05) is 31.0 Å². The molecular weight excluding hydrogens is 452 g/mol. The number of benzene rings is 1. The van der Waals surface area contributed by atoms with Gasteiger partial charge in [0, 0.05) is 37.8 Å². The maximum absolute atomic E-state index is 13.3. The van der Waals surface area contributed by atoms with Gasteiger partial charge in [-0.25, -0.2) is 18.2 Å². The van der Waals surface area contributed by atoms with Crippen molar-refractivity contribution in [2.24, 2.45) is 7.05 Å². The van der Waals surface area contributed by atoms with Crippen molar-refractivity contribution in [3.63, 3.8) is 0 Å². The zero-order chi connectivity index (χ0) is 23.9. The van der Waals surface area contributed by atoms with Crippen LogP contribution in [-0.4, -0.2) is 23.1 Å². The molecule has 1 aromatic carbocycles. The van der Waals surface area contributed by atoms with Crippen LogP contribution in [-0.2, 0) is 41.9 Å². The smallest absolute Gasteiger partial charge is 0.343 e. The zero-order valence-electron chi connectivity index (χ0n) is 19.4. The number of nitrogens with zero attached hydrogens (tertiary/aromatic N) is 2. The molecule has 5 rings (SSSR count). The first-order chi connectivity index (χ1) is 16.3. The van der Waals surface area contributed by atoms with Gasteiger partial charge in [-0.15, -0.1) is 0 Å². The second-order valence-electron chi connectivity index (χ2n) is 9.55. The Labute approximate surface area is 199 Å². The van der Waals surface area contributed by atoms with Crippen LogP contribution in [0.3, 0.4) is 0 Å². The molecule has 2 heterocycles. The third-order valence-corrected chi connectivity index (χ3v) is 8.65. The minimum Gasteiger partial charge on any atom is -0.507 e. The number of sulfone groups is 1. The second-order valence-corrected chi connectivity index (χ2v) is 11.4. The lowest BCUT2D eigenvalue weighted by atomic mass is 9.92. The molecule has 1 fully saturated rings. The molecule has 0 amide bonds. The summed E-state index contributed by atoms with van der Waals surface area (Å²) >= 11 is 0. The van der Waals surface area contributed by atoms with E-state index in [4.69, 9.17) is 4.42 Å². The number of aromatic hydroxyl groups is 1. The minimum absolute atomic E-state index is 0.0166. The summed E-state index contributed by atoms with van der Waals surface area (Å²) in [6, 6.07) is 5.74. The zero-order valence-corrected chi connectivity index (χ0v) is 20.2. The van der Waals surface area contributed by atoms with Crippen molar-refractivity contribution < 1.29 is 17.9 Å². The monoisotopic (exact) mass is 482 g/mol. The normalized spacial score (nSPS) is 16.6. The first-order valence-corrected chi connectivity index (χ1v) is 13.7. The van der Waals surface area contributed by atoms with Crippen LogP contribution in [0.1, 0.15) is 78.0 Å². The van der Waals surface area contributed by atoms with Gasteiger partial charge in [0.25, 0.3) is 0 Å². The van der Waals surface area contributed by atoms with E-state index < -0.39 is 15.5 Å². The van der Waals surface area contributed by atoms with Gasteiger partial charge in [0.15, 0.2) is 0 Å². The Hall–Kier alpha value is -2.87. The van der Waals surface area contributed by atoms with Gasteiger partial charge in [0.1, 0.15) is 11.5 Å². The van der Waals surface area contributed by atoms with E-state index in [1.807, 2.05) is 18.2 Å². The molecule has 3 aromatic rings. The maximum Gasteiger partial charge on any atom is 0.343 e. The van der Waals surface area contributed by atoms with Crippen LogP contribution in [0.15, 0.2) is 45.0 Å². The van der Waals surface area contributed by atoms with Crippen molar-refractivity contribution in [1.29, 1.82) is 0 Å². The lowest BCUT2D eigenvalue weighted by Gasteiger charge is -2.18. The molecule has 0 bridgehead atoms. The fourth-order valence-electron chi connectivity index (χ4n) is 5.07. The van der Waals surface area contributed by atoms with Crippen molar-refractivity contribution in [3.05, 3.63) is 74.6 Å². The third-order valence-electron chi connectivity index (χ3n) is 7.03. The number of fused-ring (bicyclic) bond motifs is 1. The molecule has 1 N–H and O–H groups in total. The van der Waals surface area contributed by atoms with Crippen LogP contribution < -0.4 is 5.63 Å². The summed E-state index contributed by atoms with van der Waals surface area (Å²) in [6.07, 6.45) is 10.7. The fourth-order valence-corrected chi connectivity index (χ4v) is 6.65. The number of aromatic nitrogens is 2. The highest BCUT2D eigenvalue weighted by molar-refractivity contribution is 7.90. The summed E-state index contributed by atoms with van der Waals surface area (Å²) in [6.45, 7) is 0. The van der Waals surface area contributed by atoms with Crippen molar-refractivity contribution in [1.82, 2.24) is 9.55 Å². The number of aryl methyl sites for hydroxylation is 2. The Bertz CT molecular complexity index is 1380. The number of hydrogen-bond donors (Lipinski definition) is 1. The topological polar surface area (TPSA) is 102 Å². The second kappa shape index (κ2) is 9.06. The van der Waals surface area contributed by atoms with Crippen LogP contribution in [0.4, 0.5) is 0 Å². The molecule has 8 heteroatoms. The van der Waals surface area contributed by atoms with E-state index in [2.05, 4.69) is 4.98 Å². The van der Waals surface area contributed by atoms with Gasteiger partial charge < -0.3 is 14.1 Å². The number of hydrogen-bond acceptors (Lipinski definition) is 6. The van der Waals surface area contributed by atoms with Crippen LogP contribution >= 0.6 is 0 Å². The summed E-state index contributed by atoms with van der Waals surface area (Å²) in [7, 11) is -2.04. The molecule has 2 aromatic heterocycles. The summed E-state index contributed by atoms with van der Waals surface area (Å²) < 4.78 is 33.7. The molecule has 0 aliphatic heterocycles. The third kappa shape index (κ3) is 4.43. The number of rotatable bonds is 6. The Morgan fingerprint density at radius 2 is 1.88 bits per heavy atom. The Kier molecular flexibility index (Phi) is 6.10. The fraction of sp³-hybridized carbons (Fsp3) is 0.462. The summed E-state index contributed by atoms with van der Waals surface area (Å²) in [4.78, 5) is 17.0. The molecule has 0 radical (unpaired) electrons. The highest BCUT2D eigenvalue weighted by Crippen LogP contribution is 2.43. The maximum atomic E-state index is 13.3. The van der Waals surface area contributed by atoms with Gasteiger partial charge in [0.2, 0.25) is 15.0 Å².